The molecule has 2 rings (SSSR count). The predicted octanol–water partition coefficient (Wildman–Crippen LogP) is 1.25. The molecule has 3 heteroatoms. The van der Waals surface area contributed by atoms with Crippen molar-refractivity contribution in [3.8, 4) is 0 Å². The average molecular weight is 235 g/mol. The highest BCUT2D eigenvalue weighted by molar-refractivity contribution is 5.14. The molecule has 1 aliphatic rings. The lowest BCUT2D eigenvalue weighted by Gasteiger charge is -2.35. The van der Waals surface area contributed by atoms with Gasteiger partial charge in [0.15, 0.2) is 0 Å². The van der Waals surface area contributed by atoms with Crippen LogP contribution in [-0.4, -0.2) is 40.9 Å². The monoisotopic (exact) mass is 235 g/mol. The van der Waals surface area contributed by atoms with Gasteiger partial charge in [0.25, 0.3) is 0 Å². The molecule has 94 valence electrons. The quantitative estimate of drug-likeness (QED) is 0.825. The minimum absolute atomic E-state index is 0.181. The maximum atomic E-state index is 10.00. The van der Waals surface area contributed by atoms with Crippen LogP contribution in [0.4, 0.5) is 0 Å². The van der Waals surface area contributed by atoms with Gasteiger partial charge < -0.3 is 10.2 Å². The maximum absolute atomic E-state index is 10.00. The molecule has 1 saturated heterocycles. The van der Waals surface area contributed by atoms with Gasteiger partial charge in [-0.25, -0.2) is 0 Å². The molecule has 0 aromatic heterocycles. The smallest absolute Gasteiger partial charge is 0.0696 e. The molecule has 0 spiro atoms. The largest absolute Gasteiger partial charge is 0.396 e. The normalized spacial score (nSPS) is 26.0. The van der Waals surface area contributed by atoms with E-state index in [-0.39, 0.29) is 18.6 Å². The standard InChI is InChI=1S/C14H21NO2/c16-9-7-13-6-8-15(11-14(13)17)10-12-4-2-1-3-5-12/h1-5,13-14,16-17H,6-11H2. The maximum Gasteiger partial charge on any atom is 0.0696 e. The van der Waals surface area contributed by atoms with Crippen molar-refractivity contribution in [2.45, 2.75) is 25.5 Å². The molecule has 17 heavy (non-hydrogen) atoms. The predicted molar refractivity (Wildman–Crippen MR) is 67.5 cm³/mol. The lowest BCUT2D eigenvalue weighted by Crippen LogP contribution is -2.43. The van der Waals surface area contributed by atoms with E-state index >= 15 is 0 Å². The van der Waals surface area contributed by atoms with E-state index in [0.29, 0.717) is 0 Å². The second-order valence-electron chi connectivity index (χ2n) is 4.85. The summed E-state index contributed by atoms with van der Waals surface area (Å²) in [7, 11) is 0. The lowest BCUT2D eigenvalue weighted by atomic mass is 9.91. The highest BCUT2D eigenvalue weighted by atomic mass is 16.3. The number of benzene rings is 1. The Labute approximate surface area is 103 Å². The molecule has 1 heterocycles. The molecular weight excluding hydrogens is 214 g/mol. The van der Waals surface area contributed by atoms with Gasteiger partial charge in [-0.3, -0.25) is 4.90 Å². The van der Waals surface area contributed by atoms with Gasteiger partial charge in [0, 0.05) is 19.7 Å². The highest BCUT2D eigenvalue weighted by Gasteiger charge is 2.26. The van der Waals surface area contributed by atoms with Crippen LogP contribution in [-0.2, 0) is 6.54 Å². The Kier molecular flexibility index (Phi) is 4.54. The van der Waals surface area contributed by atoms with Crippen molar-refractivity contribution >= 4 is 0 Å². The van der Waals surface area contributed by atoms with E-state index in [1.165, 1.54) is 5.56 Å². The van der Waals surface area contributed by atoms with Crippen LogP contribution in [0.15, 0.2) is 30.3 Å². The zero-order valence-corrected chi connectivity index (χ0v) is 10.1. The minimum Gasteiger partial charge on any atom is -0.396 e. The summed E-state index contributed by atoms with van der Waals surface area (Å²) in [5, 5.41) is 18.9. The zero-order valence-electron chi connectivity index (χ0n) is 10.1. The third-order valence-corrected chi connectivity index (χ3v) is 3.55. The fraction of sp³-hybridized carbons (Fsp3) is 0.571. The Morgan fingerprint density at radius 3 is 2.65 bits per heavy atom. The van der Waals surface area contributed by atoms with Gasteiger partial charge in [-0.15, -0.1) is 0 Å². The number of piperidine rings is 1. The van der Waals surface area contributed by atoms with Crippen LogP contribution < -0.4 is 0 Å². The van der Waals surface area contributed by atoms with E-state index in [1.807, 2.05) is 18.2 Å². The van der Waals surface area contributed by atoms with Gasteiger partial charge in [0.1, 0.15) is 0 Å². The molecule has 1 aromatic rings. The van der Waals surface area contributed by atoms with E-state index in [4.69, 9.17) is 5.11 Å². The Hall–Kier alpha value is -0.900. The van der Waals surface area contributed by atoms with Crippen molar-refractivity contribution in [1.29, 1.82) is 0 Å². The SMILES string of the molecule is OCCC1CCN(Cc2ccccc2)CC1O. The van der Waals surface area contributed by atoms with Crippen LogP contribution in [0.5, 0.6) is 0 Å². The van der Waals surface area contributed by atoms with Crippen LogP contribution in [0.3, 0.4) is 0 Å². The first-order chi connectivity index (χ1) is 8.29. The molecule has 1 aliphatic heterocycles. The van der Waals surface area contributed by atoms with Gasteiger partial charge in [-0.2, -0.15) is 0 Å². The van der Waals surface area contributed by atoms with Gasteiger partial charge >= 0.3 is 0 Å². The van der Waals surface area contributed by atoms with Crippen LogP contribution in [0.2, 0.25) is 0 Å². The number of aliphatic hydroxyl groups excluding tert-OH is 2. The number of aliphatic hydroxyl groups is 2. The van der Waals surface area contributed by atoms with Crippen molar-refractivity contribution in [2.75, 3.05) is 19.7 Å². The van der Waals surface area contributed by atoms with Crippen molar-refractivity contribution in [1.82, 2.24) is 4.90 Å². The molecule has 1 aromatic carbocycles. The van der Waals surface area contributed by atoms with Gasteiger partial charge in [0.05, 0.1) is 6.10 Å². The Morgan fingerprint density at radius 2 is 2.00 bits per heavy atom. The number of rotatable bonds is 4. The van der Waals surface area contributed by atoms with E-state index in [1.54, 1.807) is 0 Å². The Bertz CT molecular complexity index is 328. The molecule has 0 aliphatic carbocycles. The number of nitrogens with zero attached hydrogens (tertiary/aromatic N) is 1. The zero-order chi connectivity index (χ0) is 12.1. The van der Waals surface area contributed by atoms with E-state index < -0.39 is 0 Å². The van der Waals surface area contributed by atoms with Gasteiger partial charge in [0.2, 0.25) is 0 Å². The summed E-state index contributed by atoms with van der Waals surface area (Å²) >= 11 is 0. The summed E-state index contributed by atoms with van der Waals surface area (Å²) < 4.78 is 0. The van der Waals surface area contributed by atoms with Crippen LogP contribution in [0.25, 0.3) is 0 Å². The van der Waals surface area contributed by atoms with Crippen molar-refractivity contribution in [3.05, 3.63) is 35.9 Å². The molecule has 0 radical (unpaired) electrons. The molecule has 0 bridgehead atoms. The number of β-amino-alcohol motifs (C(OH)–C–C–N with tert-alkyl or cyclic N) is 1. The Morgan fingerprint density at radius 1 is 1.24 bits per heavy atom. The molecule has 2 N–H and O–H groups in total. The van der Waals surface area contributed by atoms with Gasteiger partial charge in [-0.05, 0) is 30.9 Å². The topological polar surface area (TPSA) is 43.7 Å². The Balaban J connectivity index is 1.85. The first kappa shape index (κ1) is 12.6. The summed E-state index contributed by atoms with van der Waals surface area (Å²) in [6.07, 6.45) is 1.41. The number of hydrogen-bond acceptors (Lipinski definition) is 3. The van der Waals surface area contributed by atoms with E-state index in [9.17, 15) is 5.11 Å². The molecule has 1 fully saturated rings. The lowest BCUT2D eigenvalue weighted by molar-refractivity contribution is 0.00904. The summed E-state index contributed by atoms with van der Waals surface area (Å²) in [5.74, 6) is 0.270. The number of hydrogen-bond donors (Lipinski definition) is 2. The molecule has 0 saturated carbocycles. The molecule has 0 amide bonds. The van der Waals surface area contributed by atoms with E-state index in [2.05, 4.69) is 17.0 Å². The molecule has 3 nitrogen and oxygen atoms in total. The van der Waals surface area contributed by atoms with Crippen LogP contribution >= 0.6 is 0 Å². The summed E-state index contributed by atoms with van der Waals surface area (Å²) in [5.41, 5.74) is 1.29. The van der Waals surface area contributed by atoms with Crippen LogP contribution in [0, 0.1) is 5.92 Å². The molecule has 2 atom stereocenters. The fourth-order valence-corrected chi connectivity index (χ4v) is 2.53. The summed E-state index contributed by atoms with van der Waals surface area (Å²) in [4.78, 5) is 2.29. The number of likely N-dealkylation sites (tertiary alicyclic amines) is 1. The van der Waals surface area contributed by atoms with E-state index in [0.717, 1.165) is 32.5 Å². The third kappa shape index (κ3) is 3.53. The highest BCUT2D eigenvalue weighted by Crippen LogP contribution is 2.22. The minimum atomic E-state index is -0.292. The fourth-order valence-electron chi connectivity index (χ4n) is 2.53. The third-order valence-electron chi connectivity index (χ3n) is 3.55. The molecule has 2 unspecified atom stereocenters. The van der Waals surface area contributed by atoms with Gasteiger partial charge in [-0.1, -0.05) is 30.3 Å². The van der Waals surface area contributed by atoms with Crippen molar-refractivity contribution in [3.63, 3.8) is 0 Å². The van der Waals surface area contributed by atoms with Crippen LogP contribution in [0.1, 0.15) is 18.4 Å². The second kappa shape index (κ2) is 6.15. The summed E-state index contributed by atoms with van der Waals surface area (Å²) in [6, 6.07) is 10.3. The first-order valence-electron chi connectivity index (χ1n) is 6.35. The second-order valence-corrected chi connectivity index (χ2v) is 4.85. The summed E-state index contributed by atoms with van der Waals surface area (Å²) in [6.45, 7) is 2.82. The molecular formula is C14H21NO2. The average Bonchev–Trinajstić information content (AvgIpc) is 2.34. The van der Waals surface area contributed by atoms with Crippen molar-refractivity contribution in [2.24, 2.45) is 5.92 Å². The van der Waals surface area contributed by atoms with Crippen molar-refractivity contribution < 1.29 is 10.2 Å². The first-order valence-corrected chi connectivity index (χ1v) is 6.35.